The summed E-state index contributed by atoms with van der Waals surface area (Å²) in [6.07, 6.45) is 0. The molecule has 0 bridgehead atoms. The van der Waals surface area contributed by atoms with E-state index in [1.54, 1.807) is 0 Å². The number of rotatable bonds is 4. The molecule has 0 heterocycles. The molecular weight excluding hydrogens is 559 g/mol. The highest BCUT2D eigenvalue weighted by Crippen LogP contribution is 2.38. The van der Waals surface area contributed by atoms with Crippen molar-refractivity contribution >= 4 is 45.0 Å². The first-order valence-corrected chi connectivity index (χ1v) is 19.0. The zero-order valence-corrected chi connectivity index (χ0v) is 28.6. The molecular formula is C26H59IO4Si2. The van der Waals surface area contributed by atoms with Crippen molar-refractivity contribution in [3.8, 4) is 0 Å². The predicted molar refractivity (Wildman–Crippen MR) is 163 cm³/mol. The molecule has 0 spiro atoms. The van der Waals surface area contributed by atoms with Crippen LogP contribution in [0.25, 0.3) is 0 Å². The summed E-state index contributed by atoms with van der Waals surface area (Å²) < 4.78 is 17.7. The molecule has 0 atom stereocenters. The number of carbonyl (C=O) groups is 1. The van der Waals surface area contributed by atoms with Crippen LogP contribution in [0.3, 0.4) is 0 Å². The summed E-state index contributed by atoms with van der Waals surface area (Å²) in [6.45, 7) is 39.7. The Balaban J connectivity index is -0.000000202. The van der Waals surface area contributed by atoms with Crippen molar-refractivity contribution < 1.29 is 18.7 Å². The summed E-state index contributed by atoms with van der Waals surface area (Å²) >= 11 is 2.52. The summed E-state index contributed by atoms with van der Waals surface area (Å²) in [5, 5.41) is 0.755. The smallest absolute Gasteiger partial charge is 0.303 e. The van der Waals surface area contributed by atoms with E-state index in [1.165, 1.54) is 11.0 Å². The zero-order valence-electron chi connectivity index (χ0n) is 24.4. The van der Waals surface area contributed by atoms with E-state index in [0.29, 0.717) is 11.0 Å². The number of halogens is 1. The minimum absolute atomic E-state index is 0. The van der Waals surface area contributed by atoms with Gasteiger partial charge in [-0.15, -0.1) is 0 Å². The molecule has 0 aliphatic carbocycles. The Kier molecular flexibility index (Phi) is 17.7. The molecule has 0 aliphatic rings. The molecule has 0 fully saturated rings. The fourth-order valence-corrected chi connectivity index (χ4v) is 6.18. The first kappa shape index (κ1) is 40.2. The standard InChI is InChI=1S/C12H26O2Si.C7H17ISi.C6H12O2.CH4/c1-10(13-11(2,3)4)14-15(8,9)12(5,6)7;1-7(2,3)9(4,5)6-8;1-5(7)8-6(2,3)4;/h1H2,2-9H3;6H2,1-5H3;1-4H3;1H4. The van der Waals surface area contributed by atoms with E-state index in [0.717, 1.165) is 0 Å². The van der Waals surface area contributed by atoms with Crippen LogP contribution in [0.5, 0.6) is 0 Å². The second-order valence-corrected chi connectivity index (χ2v) is 26.0. The predicted octanol–water partition coefficient (Wildman–Crippen LogP) is 9.75. The molecule has 0 N–H and O–H groups in total. The van der Waals surface area contributed by atoms with E-state index >= 15 is 0 Å². The average Bonchev–Trinajstić information content (AvgIpc) is 2.40. The van der Waals surface area contributed by atoms with Gasteiger partial charge in [0.2, 0.25) is 0 Å². The van der Waals surface area contributed by atoms with Crippen LogP contribution in [0.4, 0.5) is 0 Å². The summed E-state index contributed by atoms with van der Waals surface area (Å²) in [6, 6.07) is 0. The zero-order chi connectivity index (χ0) is 27.0. The van der Waals surface area contributed by atoms with Crippen LogP contribution in [0.2, 0.25) is 36.3 Å². The van der Waals surface area contributed by atoms with Crippen LogP contribution in [0.1, 0.15) is 97.4 Å². The third-order valence-electron chi connectivity index (χ3n) is 5.41. The highest BCUT2D eigenvalue weighted by Gasteiger charge is 2.40. The van der Waals surface area contributed by atoms with Crippen LogP contribution in [-0.4, -0.2) is 37.6 Å². The van der Waals surface area contributed by atoms with Crippen molar-refractivity contribution in [2.75, 3.05) is 4.05 Å². The highest BCUT2D eigenvalue weighted by molar-refractivity contribution is 14.1. The first-order valence-electron chi connectivity index (χ1n) is 11.4. The van der Waals surface area contributed by atoms with Crippen molar-refractivity contribution in [3.05, 3.63) is 12.5 Å². The van der Waals surface area contributed by atoms with Gasteiger partial charge < -0.3 is 13.9 Å². The molecule has 0 saturated heterocycles. The minimum Gasteiger partial charge on any atom is -0.519 e. The van der Waals surface area contributed by atoms with E-state index < -0.39 is 16.4 Å². The molecule has 33 heavy (non-hydrogen) atoms. The van der Waals surface area contributed by atoms with Crippen molar-refractivity contribution in [2.24, 2.45) is 0 Å². The molecule has 0 aliphatic heterocycles. The lowest BCUT2D eigenvalue weighted by molar-refractivity contribution is -0.151. The number of hydrogen-bond acceptors (Lipinski definition) is 4. The number of carbonyl (C=O) groups excluding carboxylic acids is 1. The molecule has 0 aromatic carbocycles. The largest absolute Gasteiger partial charge is 0.519 e. The third kappa shape index (κ3) is 22.2. The summed E-state index contributed by atoms with van der Waals surface area (Å²) in [5.41, 5.74) is -0.564. The molecule has 0 amide bonds. The fourth-order valence-electron chi connectivity index (χ4n) is 1.43. The van der Waals surface area contributed by atoms with Crippen molar-refractivity contribution in [3.63, 3.8) is 0 Å². The second-order valence-electron chi connectivity index (χ2n) is 13.4. The summed E-state index contributed by atoms with van der Waals surface area (Å²) in [5.74, 6) is 0.228. The van der Waals surface area contributed by atoms with Gasteiger partial charge in [0.1, 0.15) is 11.2 Å². The van der Waals surface area contributed by atoms with Crippen LogP contribution >= 0.6 is 22.6 Å². The lowest BCUT2D eigenvalue weighted by Gasteiger charge is -2.37. The molecule has 202 valence electrons. The van der Waals surface area contributed by atoms with E-state index in [-0.39, 0.29) is 29.6 Å². The van der Waals surface area contributed by atoms with E-state index in [4.69, 9.17) is 13.9 Å². The van der Waals surface area contributed by atoms with E-state index in [1.807, 2.05) is 41.5 Å². The van der Waals surface area contributed by atoms with Crippen LogP contribution in [-0.2, 0) is 18.7 Å². The number of ether oxygens (including phenoxy) is 2. The maximum absolute atomic E-state index is 10.2. The molecule has 0 saturated carbocycles. The first-order chi connectivity index (χ1) is 13.6. The van der Waals surface area contributed by atoms with Crippen LogP contribution < -0.4 is 0 Å². The third-order valence-corrected chi connectivity index (χ3v) is 20.2. The van der Waals surface area contributed by atoms with Crippen molar-refractivity contribution in [1.29, 1.82) is 0 Å². The lowest BCUT2D eigenvalue weighted by atomic mass is 10.2. The van der Waals surface area contributed by atoms with Gasteiger partial charge in [-0.2, -0.15) is 0 Å². The SMILES string of the molecule is C.C=C(OC(C)(C)C)O[Si](C)(C)C(C)(C)C.CC(=O)OC(C)(C)C.CC(C)(C)[Si](C)(C)CI. The Hall–Kier alpha value is -0.0262. The van der Waals surface area contributed by atoms with E-state index in [9.17, 15) is 4.79 Å². The van der Waals surface area contributed by atoms with Crippen LogP contribution in [0, 0.1) is 0 Å². The van der Waals surface area contributed by atoms with Crippen LogP contribution in [0.15, 0.2) is 12.5 Å². The van der Waals surface area contributed by atoms with Gasteiger partial charge in [0.05, 0.1) is 8.07 Å². The van der Waals surface area contributed by atoms with Gasteiger partial charge >= 0.3 is 5.97 Å². The Morgan fingerprint density at radius 2 is 1.09 bits per heavy atom. The average molecular weight is 619 g/mol. The quantitative estimate of drug-likeness (QED) is 0.103. The Morgan fingerprint density at radius 1 is 0.758 bits per heavy atom. The van der Waals surface area contributed by atoms with Gasteiger partial charge in [-0.05, 0) is 75.3 Å². The monoisotopic (exact) mass is 618 g/mol. The Labute approximate surface area is 224 Å². The highest BCUT2D eigenvalue weighted by atomic mass is 127. The number of hydrogen-bond donors (Lipinski definition) is 0. The Morgan fingerprint density at radius 3 is 1.21 bits per heavy atom. The molecule has 0 unspecified atom stereocenters. The van der Waals surface area contributed by atoms with Gasteiger partial charge in [0.15, 0.2) is 0 Å². The molecule has 4 nitrogen and oxygen atoms in total. The van der Waals surface area contributed by atoms with Gasteiger partial charge in [0, 0.05) is 6.92 Å². The van der Waals surface area contributed by atoms with Crippen molar-refractivity contribution in [2.45, 2.75) is 145 Å². The molecule has 0 radical (unpaired) electrons. The molecule has 7 heteroatoms. The van der Waals surface area contributed by atoms with E-state index in [2.05, 4.69) is 96.9 Å². The maximum Gasteiger partial charge on any atom is 0.303 e. The minimum atomic E-state index is -1.79. The molecule has 0 aromatic rings. The summed E-state index contributed by atoms with van der Waals surface area (Å²) in [4.78, 5) is 10.2. The molecule has 0 aromatic heterocycles. The van der Waals surface area contributed by atoms with Gasteiger partial charge in [-0.1, -0.05) is 84.7 Å². The van der Waals surface area contributed by atoms with Gasteiger partial charge in [-0.25, -0.2) is 0 Å². The molecule has 0 rings (SSSR count). The van der Waals surface area contributed by atoms with Crippen molar-refractivity contribution in [1.82, 2.24) is 0 Å². The number of alkyl halides is 1. The topological polar surface area (TPSA) is 44.8 Å². The number of esters is 1. The lowest BCUT2D eigenvalue weighted by Crippen LogP contribution is -2.41. The Bertz CT molecular complexity index is 573. The summed E-state index contributed by atoms with van der Waals surface area (Å²) in [7, 11) is -2.68. The normalized spacial score (nSPS) is 12.7. The van der Waals surface area contributed by atoms with Gasteiger partial charge in [-0.3, -0.25) is 4.79 Å². The maximum atomic E-state index is 10.2. The second kappa shape index (κ2) is 14.5. The fraction of sp³-hybridized carbons (Fsp3) is 0.885. The van der Waals surface area contributed by atoms with Gasteiger partial charge in [0.25, 0.3) is 14.3 Å².